The van der Waals surface area contributed by atoms with Crippen molar-refractivity contribution >= 4 is 53.3 Å². The molecule has 13 rings (SSSR count). The van der Waals surface area contributed by atoms with Gasteiger partial charge in [-0.3, -0.25) is 0 Å². The van der Waals surface area contributed by atoms with E-state index >= 15 is 0 Å². The predicted octanol–water partition coefficient (Wildman–Crippen LogP) is 15.0. The van der Waals surface area contributed by atoms with Crippen LogP contribution in [0.4, 0.5) is 0 Å². The molecule has 11 aromatic rings. The van der Waals surface area contributed by atoms with E-state index in [0.29, 0.717) is 0 Å². The smallest absolute Gasteiger partial charge is 0.132 e. The standard InChI is InChI=1S/C55H33NOS/c1-2-14-34(15-3-1)37-18-12-20-41-42-21-13-19-38(54(42)58-53(37)41)35-28-30-36(31-29-35)56-48-25-9-5-16-39(48)40-32-33-47-51(52(40)56)43-17-4-6-22-44(43)55(47)45-23-7-10-26-49(45)57-50-27-11-8-24-46(50)55/h1-33H. The molecule has 0 radical (unpaired) electrons. The van der Waals surface area contributed by atoms with E-state index in [-0.39, 0.29) is 0 Å². The number of hydrogen-bond acceptors (Lipinski definition) is 2. The van der Waals surface area contributed by atoms with Crippen molar-refractivity contribution in [2.45, 2.75) is 5.41 Å². The molecular weight excluding hydrogens is 723 g/mol. The van der Waals surface area contributed by atoms with Gasteiger partial charge >= 0.3 is 0 Å². The lowest BCUT2D eigenvalue weighted by Crippen LogP contribution is -2.32. The Hall–Kier alpha value is -7.20. The third-order valence-electron chi connectivity index (χ3n) is 12.7. The highest BCUT2D eigenvalue weighted by Crippen LogP contribution is 2.63. The van der Waals surface area contributed by atoms with Crippen LogP contribution in [0.1, 0.15) is 22.3 Å². The van der Waals surface area contributed by atoms with Crippen molar-refractivity contribution in [1.82, 2.24) is 4.57 Å². The highest BCUT2D eigenvalue weighted by molar-refractivity contribution is 7.26. The van der Waals surface area contributed by atoms with Gasteiger partial charge in [0.1, 0.15) is 11.5 Å². The molecule has 3 heteroatoms. The molecule has 0 N–H and O–H groups in total. The number of thiophene rings is 1. The van der Waals surface area contributed by atoms with Crippen molar-refractivity contribution < 1.29 is 4.74 Å². The maximum atomic E-state index is 6.64. The molecule has 0 unspecified atom stereocenters. The Labute approximate surface area is 339 Å². The Morgan fingerprint density at radius 3 is 1.64 bits per heavy atom. The monoisotopic (exact) mass is 755 g/mol. The summed E-state index contributed by atoms with van der Waals surface area (Å²) in [5.74, 6) is 1.81. The minimum absolute atomic E-state index is 0.528. The average Bonchev–Trinajstić information content (AvgIpc) is 3.94. The molecule has 2 aliphatic rings. The van der Waals surface area contributed by atoms with Gasteiger partial charge in [0.2, 0.25) is 0 Å². The zero-order valence-electron chi connectivity index (χ0n) is 31.3. The largest absolute Gasteiger partial charge is 0.457 e. The van der Waals surface area contributed by atoms with Gasteiger partial charge in [0.15, 0.2) is 0 Å². The van der Waals surface area contributed by atoms with Crippen molar-refractivity contribution in [3.05, 3.63) is 222 Å². The summed E-state index contributed by atoms with van der Waals surface area (Å²) in [5.41, 5.74) is 15.6. The summed E-state index contributed by atoms with van der Waals surface area (Å²) in [6.07, 6.45) is 0. The van der Waals surface area contributed by atoms with Crippen molar-refractivity contribution in [2.75, 3.05) is 0 Å². The molecule has 0 amide bonds. The lowest BCUT2D eigenvalue weighted by molar-refractivity contribution is 0.436. The number of para-hydroxylation sites is 3. The van der Waals surface area contributed by atoms with E-state index in [9.17, 15) is 0 Å². The summed E-state index contributed by atoms with van der Waals surface area (Å²) >= 11 is 1.90. The summed E-state index contributed by atoms with van der Waals surface area (Å²) < 4.78 is 11.8. The summed E-state index contributed by atoms with van der Waals surface area (Å²) in [6, 6.07) is 73.4. The molecule has 0 saturated carbocycles. The van der Waals surface area contributed by atoms with Crippen LogP contribution in [0.15, 0.2) is 200 Å². The zero-order chi connectivity index (χ0) is 38.0. The first-order valence-electron chi connectivity index (χ1n) is 19.9. The van der Waals surface area contributed by atoms with Crippen molar-refractivity contribution in [2.24, 2.45) is 0 Å². The average molecular weight is 756 g/mol. The number of aromatic nitrogens is 1. The number of rotatable bonds is 3. The molecule has 2 aromatic heterocycles. The molecule has 58 heavy (non-hydrogen) atoms. The Morgan fingerprint density at radius 1 is 0.379 bits per heavy atom. The molecule has 2 nitrogen and oxygen atoms in total. The topological polar surface area (TPSA) is 14.2 Å². The van der Waals surface area contributed by atoms with Crippen LogP contribution in [0.5, 0.6) is 11.5 Å². The maximum Gasteiger partial charge on any atom is 0.132 e. The molecule has 1 aliphatic carbocycles. The second-order valence-electron chi connectivity index (χ2n) is 15.5. The van der Waals surface area contributed by atoms with Crippen LogP contribution in [-0.4, -0.2) is 4.57 Å². The normalized spacial score (nSPS) is 13.4. The molecular formula is C55H33NOS. The maximum absolute atomic E-state index is 6.64. The SMILES string of the molecule is c1ccc(-c2cccc3c2sc2c(-c4ccc(-n5c6ccccc6c6ccc7c(c65)-c5ccccc5C75c6ccccc6Oc6ccccc65)cc4)cccc23)cc1. The molecule has 1 spiro atoms. The van der Waals surface area contributed by atoms with Crippen LogP contribution in [-0.2, 0) is 5.41 Å². The van der Waals surface area contributed by atoms with Gasteiger partial charge in [-0.25, -0.2) is 0 Å². The number of nitrogens with zero attached hydrogens (tertiary/aromatic N) is 1. The Balaban J connectivity index is 1.05. The molecule has 0 saturated heterocycles. The van der Waals surface area contributed by atoms with E-state index in [1.807, 2.05) is 11.3 Å². The summed E-state index contributed by atoms with van der Waals surface area (Å²) in [5, 5.41) is 5.12. The van der Waals surface area contributed by atoms with E-state index in [0.717, 1.165) is 17.2 Å². The minimum Gasteiger partial charge on any atom is -0.457 e. The third kappa shape index (κ3) is 4.16. The Bertz CT molecular complexity index is 3430. The molecule has 270 valence electrons. The first kappa shape index (κ1) is 31.9. The van der Waals surface area contributed by atoms with E-state index in [2.05, 4.69) is 205 Å². The molecule has 9 aromatic carbocycles. The summed E-state index contributed by atoms with van der Waals surface area (Å²) in [6.45, 7) is 0. The third-order valence-corrected chi connectivity index (χ3v) is 14.0. The van der Waals surface area contributed by atoms with Crippen LogP contribution in [0.2, 0.25) is 0 Å². The number of ether oxygens (including phenoxy) is 1. The van der Waals surface area contributed by atoms with Gasteiger partial charge in [0, 0.05) is 53.3 Å². The number of hydrogen-bond donors (Lipinski definition) is 0. The van der Waals surface area contributed by atoms with E-state index in [1.54, 1.807) is 0 Å². The second-order valence-corrected chi connectivity index (χ2v) is 16.5. The van der Waals surface area contributed by atoms with Crippen LogP contribution < -0.4 is 4.74 Å². The fourth-order valence-electron chi connectivity index (χ4n) is 10.3. The Morgan fingerprint density at radius 2 is 0.931 bits per heavy atom. The highest BCUT2D eigenvalue weighted by Gasteiger charge is 2.51. The quantitative estimate of drug-likeness (QED) is 0.175. The lowest BCUT2D eigenvalue weighted by Gasteiger charge is -2.39. The van der Waals surface area contributed by atoms with Gasteiger partial charge in [0.05, 0.1) is 16.4 Å². The van der Waals surface area contributed by atoms with Crippen molar-refractivity contribution in [1.29, 1.82) is 0 Å². The molecule has 0 bridgehead atoms. The summed E-state index contributed by atoms with van der Waals surface area (Å²) in [7, 11) is 0. The second kappa shape index (κ2) is 11.9. The molecule has 0 atom stereocenters. The van der Waals surface area contributed by atoms with Crippen molar-refractivity contribution in [3.63, 3.8) is 0 Å². The van der Waals surface area contributed by atoms with Gasteiger partial charge in [-0.2, -0.15) is 0 Å². The van der Waals surface area contributed by atoms with E-state index in [4.69, 9.17) is 4.74 Å². The van der Waals surface area contributed by atoms with Crippen LogP contribution in [0, 0.1) is 0 Å². The molecule has 3 heterocycles. The summed E-state index contributed by atoms with van der Waals surface area (Å²) in [4.78, 5) is 0. The fourth-order valence-corrected chi connectivity index (χ4v) is 11.7. The van der Waals surface area contributed by atoms with E-state index < -0.39 is 5.41 Å². The highest BCUT2D eigenvalue weighted by atomic mass is 32.1. The van der Waals surface area contributed by atoms with Gasteiger partial charge in [-0.05, 0) is 69.3 Å². The minimum atomic E-state index is -0.528. The molecule has 1 aliphatic heterocycles. The Kier molecular flexibility index (Phi) is 6.56. The van der Waals surface area contributed by atoms with Crippen LogP contribution in [0.25, 0.3) is 81.0 Å². The number of benzene rings is 9. The molecule has 0 fully saturated rings. The van der Waals surface area contributed by atoms with Gasteiger partial charge in [0.25, 0.3) is 0 Å². The zero-order valence-corrected chi connectivity index (χ0v) is 32.1. The lowest BCUT2D eigenvalue weighted by atomic mass is 9.66. The van der Waals surface area contributed by atoms with Crippen molar-refractivity contribution in [3.8, 4) is 50.6 Å². The first-order chi connectivity index (χ1) is 28.8. The first-order valence-corrected chi connectivity index (χ1v) is 20.7. The number of fused-ring (bicyclic) bond motifs is 16. The van der Waals surface area contributed by atoms with Crippen LogP contribution in [0.3, 0.4) is 0 Å². The fraction of sp³-hybridized carbons (Fsp3) is 0.0182. The predicted molar refractivity (Wildman–Crippen MR) is 242 cm³/mol. The van der Waals surface area contributed by atoms with Gasteiger partial charge < -0.3 is 9.30 Å². The van der Waals surface area contributed by atoms with Crippen LogP contribution >= 0.6 is 11.3 Å². The van der Waals surface area contributed by atoms with Gasteiger partial charge in [-0.1, -0.05) is 170 Å². The van der Waals surface area contributed by atoms with E-state index in [1.165, 1.54) is 97.6 Å². The van der Waals surface area contributed by atoms with Gasteiger partial charge in [-0.15, -0.1) is 11.3 Å².